The summed E-state index contributed by atoms with van der Waals surface area (Å²) < 4.78 is 0. The van der Waals surface area contributed by atoms with E-state index in [1.54, 1.807) is 12.1 Å². The van der Waals surface area contributed by atoms with Gasteiger partial charge in [-0.25, -0.2) is 0 Å². The molecule has 0 atom stereocenters. The number of nitrogens with zero attached hydrogens (tertiary/aromatic N) is 1. The van der Waals surface area contributed by atoms with Gasteiger partial charge in [-0.3, -0.25) is 4.79 Å². The van der Waals surface area contributed by atoms with Gasteiger partial charge < -0.3 is 4.90 Å². The zero-order valence-corrected chi connectivity index (χ0v) is 9.13. The number of benzene rings is 1. The third-order valence-electron chi connectivity index (χ3n) is 2.48. The average molecular weight is 211 g/mol. The molecule has 0 saturated carbocycles. The van der Waals surface area contributed by atoms with Crippen LogP contribution in [0, 0.1) is 0 Å². The molecule has 80 valence electrons. The topological polar surface area (TPSA) is 20.3 Å². The van der Waals surface area contributed by atoms with E-state index in [2.05, 4.69) is 0 Å². The van der Waals surface area contributed by atoms with Crippen molar-refractivity contribution >= 4 is 11.4 Å². The molecule has 0 bridgehead atoms. The second-order valence-corrected chi connectivity index (χ2v) is 3.55. The first-order valence-electron chi connectivity index (χ1n) is 5.17. The smallest absolute Gasteiger partial charge is 0.202 e. The molecule has 0 aliphatic rings. The molecular weight excluding hydrogens is 198 g/mol. The summed E-state index contributed by atoms with van der Waals surface area (Å²) >= 11 is 0. The molecule has 0 unspecified atom stereocenters. The molecular formula is C14H13NO. The van der Waals surface area contributed by atoms with Crippen LogP contribution in [-0.2, 0) is 0 Å². The molecule has 0 saturated heterocycles. The van der Waals surface area contributed by atoms with E-state index in [0.29, 0.717) is 5.69 Å². The van der Waals surface area contributed by atoms with Crippen molar-refractivity contribution in [3.63, 3.8) is 0 Å². The Bertz CT molecular complexity index is 522. The van der Waals surface area contributed by atoms with Crippen LogP contribution in [0.25, 0.3) is 0 Å². The molecule has 0 spiro atoms. The van der Waals surface area contributed by atoms with E-state index in [0.717, 1.165) is 5.69 Å². The van der Waals surface area contributed by atoms with Crippen molar-refractivity contribution in [1.82, 2.24) is 0 Å². The normalized spacial score (nSPS) is 9.81. The Morgan fingerprint density at radius 2 is 1.38 bits per heavy atom. The lowest BCUT2D eigenvalue weighted by molar-refractivity contribution is 1.20. The van der Waals surface area contributed by atoms with Crippen LogP contribution in [0.15, 0.2) is 65.5 Å². The maximum absolute atomic E-state index is 11.8. The fraction of sp³-hybridized carbons (Fsp3) is 0.0714. The SMILES string of the molecule is CN(c1ccccc1)c1cccccc1=O. The Labute approximate surface area is 94.8 Å². The van der Waals surface area contributed by atoms with Crippen LogP contribution in [0.4, 0.5) is 11.4 Å². The molecule has 2 aromatic carbocycles. The first kappa shape index (κ1) is 10.4. The van der Waals surface area contributed by atoms with Gasteiger partial charge in [0, 0.05) is 12.7 Å². The van der Waals surface area contributed by atoms with Crippen molar-refractivity contribution in [2.24, 2.45) is 0 Å². The fourth-order valence-corrected chi connectivity index (χ4v) is 1.59. The monoisotopic (exact) mass is 211 g/mol. The highest BCUT2D eigenvalue weighted by Crippen LogP contribution is 2.18. The van der Waals surface area contributed by atoms with Gasteiger partial charge in [0.2, 0.25) is 5.43 Å². The van der Waals surface area contributed by atoms with Gasteiger partial charge in [0.15, 0.2) is 0 Å². The predicted molar refractivity (Wildman–Crippen MR) is 67.2 cm³/mol. The first-order valence-corrected chi connectivity index (χ1v) is 5.17. The Kier molecular flexibility index (Phi) is 3.01. The minimum Gasteiger partial charge on any atom is -0.341 e. The molecule has 0 fully saturated rings. The minimum absolute atomic E-state index is 0.0244. The van der Waals surface area contributed by atoms with Crippen LogP contribution in [-0.4, -0.2) is 7.05 Å². The lowest BCUT2D eigenvalue weighted by atomic mass is 10.2. The third kappa shape index (κ3) is 2.11. The van der Waals surface area contributed by atoms with E-state index in [1.165, 1.54) is 0 Å². The van der Waals surface area contributed by atoms with E-state index >= 15 is 0 Å². The van der Waals surface area contributed by atoms with Crippen molar-refractivity contribution in [3.8, 4) is 0 Å². The molecule has 0 aliphatic heterocycles. The van der Waals surface area contributed by atoms with Gasteiger partial charge >= 0.3 is 0 Å². The Balaban J connectivity index is 2.47. The highest BCUT2D eigenvalue weighted by Gasteiger charge is 2.04. The Hall–Kier alpha value is -2.09. The summed E-state index contributed by atoms with van der Waals surface area (Å²) in [5.74, 6) is 0. The van der Waals surface area contributed by atoms with E-state index in [4.69, 9.17) is 0 Å². The minimum atomic E-state index is 0.0244. The highest BCUT2D eigenvalue weighted by molar-refractivity contribution is 5.61. The molecule has 0 aromatic heterocycles. The van der Waals surface area contributed by atoms with Gasteiger partial charge in [-0.15, -0.1) is 0 Å². The standard InChI is InChI=1S/C14H13NO/c1-15(12-8-4-2-5-9-12)13-10-6-3-7-11-14(13)16/h2-11H,1H3. The summed E-state index contributed by atoms with van der Waals surface area (Å²) in [5, 5.41) is 0. The van der Waals surface area contributed by atoms with E-state index in [9.17, 15) is 4.79 Å². The van der Waals surface area contributed by atoms with Gasteiger partial charge in [0.25, 0.3) is 0 Å². The summed E-state index contributed by atoms with van der Waals surface area (Å²) in [6.45, 7) is 0. The number of hydrogen-bond acceptors (Lipinski definition) is 2. The summed E-state index contributed by atoms with van der Waals surface area (Å²) in [7, 11) is 1.89. The third-order valence-corrected chi connectivity index (χ3v) is 2.48. The molecule has 0 radical (unpaired) electrons. The lowest BCUT2D eigenvalue weighted by Crippen LogP contribution is -2.16. The first-order chi connectivity index (χ1) is 7.79. The van der Waals surface area contributed by atoms with Crippen molar-refractivity contribution in [2.75, 3.05) is 11.9 Å². The molecule has 0 N–H and O–H groups in total. The quantitative estimate of drug-likeness (QED) is 0.761. The van der Waals surface area contributed by atoms with Crippen molar-refractivity contribution < 1.29 is 0 Å². The van der Waals surface area contributed by atoms with Gasteiger partial charge in [-0.2, -0.15) is 0 Å². The van der Waals surface area contributed by atoms with Gasteiger partial charge in [0.05, 0.1) is 5.69 Å². The summed E-state index contributed by atoms with van der Waals surface area (Å²) in [4.78, 5) is 13.7. The van der Waals surface area contributed by atoms with E-state index in [-0.39, 0.29) is 5.43 Å². The molecule has 2 heteroatoms. The summed E-state index contributed by atoms with van der Waals surface area (Å²) in [5.41, 5.74) is 1.71. The Morgan fingerprint density at radius 1 is 0.812 bits per heavy atom. The van der Waals surface area contributed by atoms with Gasteiger partial charge in [-0.1, -0.05) is 36.4 Å². The molecule has 2 nitrogen and oxygen atoms in total. The summed E-state index contributed by atoms with van der Waals surface area (Å²) in [6, 6.07) is 18.7. The van der Waals surface area contributed by atoms with E-state index in [1.807, 2.05) is 60.5 Å². The van der Waals surface area contributed by atoms with Crippen LogP contribution in [0.1, 0.15) is 0 Å². The zero-order valence-electron chi connectivity index (χ0n) is 9.13. The summed E-state index contributed by atoms with van der Waals surface area (Å²) in [6.07, 6.45) is 0. The van der Waals surface area contributed by atoms with Gasteiger partial charge in [-0.05, 0) is 24.3 Å². The van der Waals surface area contributed by atoms with E-state index < -0.39 is 0 Å². The predicted octanol–water partition coefficient (Wildman–Crippen LogP) is 2.81. The number of para-hydroxylation sites is 1. The largest absolute Gasteiger partial charge is 0.341 e. The second-order valence-electron chi connectivity index (χ2n) is 3.55. The van der Waals surface area contributed by atoms with Crippen molar-refractivity contribution in [2.45, 2.75) is 0 Å². The maximum Gasteiger partial charge on any atom is 0.202 e. The number of rotatable bonds is 2. The molecule has 2 rings (SSSR count). The molecule has 16 heavy (non-hydrogen) atoms. The van der Waals surface area contributed by atoms with Crippen molar-refractivity contribution in [1.29, 1.82) is 0 Å². The fourth-order valence-electron chi connectivity index (χ4n) is 1.59. The highest BCUT2D eigenvalue weighted by atomic mass is 16.1. The van der Waals surface area contributed by atoms with Crippen molar-refractivity contribution in [3.05, 3.63) is 70.9 Å². The second kappa shape index (κ2) is 4.62. The van der Waals surface area contributed by atoms with Gasteiger partial charge in [0.1, 0.15) is 0 Å². The van der Waals surface area contributed by atoms with Crippen LogP contribution < -0.4 is 10.3 Å². The average Bonchev–Trinajstić information content (AvgIpc) is 2.54. The molecule has 0 amide bonds. The van der Waals surface area contributed by atoms with Crippen LogP contribution in [0.3, 0.4) is 0 Å². The zero-order chi connectivity index (χ0) is 11.4. The number of hydrogen-bond donors (Lipinski definition) is 0. The number of anilines is 2. The van der Waals surface area contributed by atoms with Crippen LogP contribution in [0.5, 0.6) is 0 Å². The molecule has 2 aromatic rings. The Morgan fingerprint density at radius 3 is 2.06 bits per heavy atom. The molecule has 0 heterocycles. The maximum atomic E-state index is 11.8. The van der Waals surface area contributed by atoms with Crippen LogP contribution >= 0.6 is 0 Å². The molecule has 0 aliphatic carbocycles. The van der Waals surface area contributed by atoms with Crippen LogP contribution in [0.2, 0.25) is 0 Å². The lowest BCUT2D eigenvalue weighted by Gasteiger charge is -2.17.